The molecule has 1 aliphatic carbocycles. The molecule has 13 rings (SSSR count). The van der Waals surface area contributed by atoms with Crippen LogP contribution in [0.25, 0.3) is 65.4 Å². The number of benzene rings is 8. The van der Waals surface area contributed by atoms with Crippen molar-refractivity contribution in [3.8, 4) is 33.4 Å². The molecule has 0 spiro atoms. The first-order valence-electron chi connectivity index (χ1n) is 24.1. The summed E-state index contributed by atoms with van der Waals surface area (Å²) in [5.41, 5.74) is 22.5. The van der Waals surface area contributed by atoms with Crippen molar-refractivity contribution in [2.45, 2.75) is 71.6 Å². The summed E-state index contributed by atoms with van der Waals surface area (Å²) < 4.78 is 9.45. The third-order valence-electron chi connectivity index (χ3n) is 15.0. The molecular formula is C61H51BN2OS. The van der Waals surface area contributed by atoms with Crippen LogP contribution in [0.1, 0.15) is 75.6 Å². The number of nitrogens with zero attached hydrogens (tertiary/aromatic N) is 2. The standard InChI is InChI=1S/C61H51BN2OS/c1-5-7-18-38-28-31-41(32-29-38)64-58-45(33-35-52-54(58)43-23-13-16-26-51(43)65-52)55-56-47(42-22-12-15-25-48(42)61(56,3)4)37-50-57(55)62(64)60-59(44-24-14-17-27-53(44)66-60)63(50)49-34-30-39(19-8-6-2)36-46(49)40-20-10-9-11-21-40/h9-17,20-37H,5-8,18-19H2,1-4H3. The molecule has 0 bridgehead atoms. The van der Waals surface area contributed by atoms with Crippen molar-refractivity contribution in [3.05, 3.63) is 186 Å². The van der Waals surface area contributed by atoms with Gasteiger partial charge in [-0.05, 0) is 130 Å². The molecule has 0 N–H and O–H groups in total. The van der Waals surface area contributed by atoms with E-state index < -0.39 is 0 Å². The smallest absolute Gasteiger partial charge is 0.343 e. The van der Waals surface area contributed by atoms with E-state index in [1.54, 1.807) is 0 Å². The fraction of sp³-hybridized carbons (Fsp3) is 0.180. The zero-order valence-corrected chi connectivity index (χ0v) is 38.9. The Morgan fingerprint density at radius 3 is 2.11 bits per heavy atom. The highest BCUT2D eigenvalue weighted by Crippen LogP contribution is 2.60. The number of aryl methyl sites for hydroxylation is 2. The number of hydrogen-bond donors (Lipinski definition) is 0. The van der Waals surface area contributed by atoms with E-state index in [4.69, 9.17) is 4.42 Å². The highest BCUT2D eigenvalue weighted by Gasteiger charge is 2.51. The highest BCUT2D eigenvalue weighted by molar-refractivity contribution is 7.32. The summed E-state index contributed by atoms with van der Waals surface area (Å²) in [7, 11) is 0. The quantitative estimate of drug-likeness (QED) is 0.135. The van der Waals surface area contributed by atoms with E-state index in [-0.39, 0.29) is 12.3 Å². The number of unbranched alkanes of at least 4 members (excludes halogenated alkanes) is 2. The summed E-state index contributed by atoms with van der Waals surface area (Å²) in [5, 5.41) is 3.61. The van der Waals surface area contributed by atoms with Gasteiger partial charge in [-0.1, -0.05) is 150 Å². The Morgan fingerprint density at radius 1 is 0.576 bits per heavy atom. The summed E-state index contributed by atoms with van der Waals surface area (Å²) in [6, 6.07) is 62.2. The van der Waals surface area contributed by atoms with Crippen LogP contribution in [0.15, 0.2) is 168 Å². The lowest BCUT2D eigenvalue weighted by atomic mass is 9.45. The van der Waals surface area contributed by atoms with Crippen LogP contribution in [0.3, 0.4) is 0 Å². The Labute approximate surface area is 392 Å². The molecule has 4 heterocycles. The third kappa shape index (κ3) is 5.69. The van der Waals surface area contributed by atoms with Crippen molar-refractivity contribution in [1.29, 1.82) is 0 Å². The third-order valence-corrected chi connectivity index (χ3v) is 16.2. The highest BCUT2D eigenvalue weighted by atomic mass is 32.1. The molecule has 320 valence electrons. The van der Waals surface area contributed by atoms with Gasteiger partial charge in [-0.15, -0.1) is 11.3 Å². The van der Waals surface area contributed by atoms with Crippen LogP contribution < -0.4 is 20.0 Å². The van der Waals surface area contributed by atoms with E-state index in [0.29, 0.717) is 0 Å². The predicted octanol–water partition coefficient (Wildman–Crippen LogP) is 16.2. The van der Waals surface area contributed by atoms with Gasteiger partial charge in [0.1, 0.15) is 11.2 Å². The topological polar surface area (TPSA) is 19.6 Å². The van der Waals surface area contributed by atoms with Gasteiger partial charge in [-0.25, -0.2) is 0 Å². The first-order valence-corrected chi connectivity index (χ1v) is 24.9. The number of rotatable bonds is 9. The average molecular weight is 871 g/mol. The zero-order chi connectivity index (χ0) is 44.3. The van der Waals surface area contributed by atoms with Crippen molar-refractivity contribution < 1.29 is 4.42 Å². The van der Waals surface area contributed by atoms with E-state index in [0.717, 1.165) is 29.4 Å². The normalized spacial score (nSPS) is 14.2. The van der Waals surface area contributed by atoms with Crippen LogP contribution in [-0.4, -0.2) is 6.85 Å². The lowest BCUT2D eigenvalue weighted by molar-refractivity contribution is 0.662. The summed E-state index contributed by atoms with van der Waals surface area (Å²) in [6.07, 6.45) is 6.84. The maximum absolute atomic E-state index is 6.79. The lowest BCUT2D eigenvalue weighted by Gasteiger charge is -2.46. The predicted molar refractivity (Wildman–Crippen MR) is 283 cm³/mol. The molecule has 5 heteroatoms. The second kappa shape index (κ2) is 15.1. The molecule has 0 radical (unpaired) electrons. The summed E-state index contributed by atoms with van der Waals surface area (Å²) in [4.78, 5) is 5.40. The van der Waals surface area contributed by atoms with Gasteiger partial charge in [0.2, 0.25) is 0 Å². The van der Waals surface area contributed by atoms with Crippen molar-refractivity contribution in [1.82, 2.24) is 0 Å². The molecule has 3 aliphatic rings. The number of hydrogen-bond acceptors (Lipinski definition) is 4. The first-order chi connectivity index (χ1) is 32.4. The van der Waals surface area contributed by atoms with E-state index in [1.165, 1.54) is 135 Å². The average Bonchev–Trinajstić information content (AvgIpc) is 4.01. The Morgan fingerprint density at radius 2 is 1.29 bits per heavy atom. The van der Waals surface area contributed by atoms with Gasteiger partial charge in [0.15, 0.2) is 0 Å². The van der Waals surface area contributed by atoms with E-state index >= 15 is 0 Å². The molecule has 0 amide bonds. The second-order valence-corrected chi connectivity index (χ2v) is 20.3. The van der Waals surface area contributed by atoms with Gasteiger partial charge in [0, 0.05) is 53.9 Å². The molecule has 0 fully saturated rings. The monoisotopic (exact) mass is 870 g/mol. The van der Waals surface area contributed by atoms with Crippen LogP contribution >= 0.6 is 11.3 Å². The molecule has 66 heavy (non-hydrogen) atoms. The molecule has 8 aromatic carbocycles. The molecule has 2 aromatic heterocycles. The van der Waals surface area contributed by atoms with Gasteiger partial charge >= 0.3 is 6.85 Å². The largest absolute Gasteiger partial charge is 0.456 e. The van der Waals surface area contributed by atoms with Crippen LogP contribution in [0.5, 0.6) is 0 Å². The maximum Gasteiger partial charge on any atom is 0.343 e. The van der Waals surface area contributed by atoms with Gasteiger partial charge in [0.05, 0.1) is 16.8 Å². The minimum Gasteiger partial charge on any atom is -0.456 e. The lowest BCUT2D eigenvalue weighted by Crippen LogP contribution is -2.61. The molecule has 0 atom stereocenters. The second-order valence-electron chi connectivity index (χ2n) is 19.2. The van der Waals surface area contributed by atoms with Crippen LogP contribution in [0, 0.1) is 0 Å². The number of furan rings is 1. The molecular weight excluding hydrogens is 820 g/mol. The number of fused-ring (bicyclic) bond motifs is 14. The Hall–Kier alpha value is -6.82. The van der Waals surface area contributed by atoms with Crippen molar-refractivity contribution in [3.63, 3.8) is 0 Å². The van der Waals surface area contributed by atoms with Gasteiger partial charge < -0.3 is 14.1 Å². The summed E-state index contributed by atoms with van der Waals surface area (Å²) in [6.45, 7) is 9.36. The summed E-state index contributed by atoms with van der Waals surface area (Å²) >= 11 is 1.97. The van der Waals surface area contributed by atoms with Gasteiger partial charge in [-0.3, -0.25) is 0 Å². The summed E-state index contributed by atoms with van der Waals surface area (Å²) in [5.74, 6) is 0. The number of anilines is 5. The van der Waals surface area contributed by atoms with E-state index in [1.807, 2.05) is 11.3 Å². The molecule has 3 nitrogen and oxygen atoms in total. The SMILES string of the molecule is CCCCc1ccc(N2B3c4sc5ccccc5c4N(c4ccc(CCCC)cc4-c4ccccc4)c4cc5c(c(c43)-c3ccc4oc6ccccc6c4c32)C(C)(C)c2ccccc2-5)cc1. The minimum atomic E-state index is -0.254. The van der Waals surface area contributed by atoms with Crippen LogP contribution in [0.4, 0.5) is 28.4 Å². The fourth-order valence-electron chi connectivity index (χ4n) is 11.9. The number of para-hydroxylation sites is 1. The van der Waals surface area contributed by atoms with Gasteiger partial charge in [0.25, 0.3) is 0 Å². The van der Waals surface area contributed by atoms with Crippen LogP contribution in [-0.2, 0) is 18.3 Å². The Bertz CT molecular complexity index is 3560. The number of thiophene rings is 1. The first kappa shape index (κ1) is 39.5. The van der Waals surface area contributed by atoms with Crippen molar-refractivity contribution in [2.24, 2.45) is 0 Å². The zero-order valence-electron chi connectivity index (χ0n) is 38.1. The van der Waals surface area contributed by atoms with Gasteiger partial charge in [-0.2, -0.15) is 0 Å². The maximum atomic E-state index is 6.79. The molecule has 0 unspecified atom stereocenters. The van der Waals surface area contributed by atoms with E-state index in [2.05, 4.69) is 201 Å². The van der Waals surface area contributed by atoms with E-state index in [9.17, 15) is 0 Å². The molecule has 2 aliphatic heterocycles. The van der Waals surface area contributed by atoms with Crippen LogP contribution in [0.2, 0.25) is 0 Å². The molecule has 0 saturated carbocycles. The Kier molecular flexibility index (Phi) is 9.06. The Balaban J connectivity index is 1.21. The fourth-order valence-corrected chi connectivity index (χ4v) is 13.2. The molecule has 0 saturated heterocycles. The minimum absolute atomic E-state index is 0.124. The molecule has 10 aromatic rings. The van der Waals surface area contributed by atoms with Crippen molar-refractivity contribution in [2.75, 3.05) is 9.71 Å². The van der Waals surface area contributed by atoms with Crippen molar-refractivity contribution >= 4 is 88.9 Å².